The Balaban J connectivity index is 2.09. The van der Waals surface area contributed by atoms with Crippen molar-refractivity contribution in [3.05, 3.63) is 24.3 Å². The molecule has 8 nitrogen and oxygen atoms in total. The highest BCUT2D eigenvalue weighted by Crippen LogP contribution is 2.35. The zero-order valence-electron chi connectivity index (χ0n) is 17.0. The van der Waals surface area contributed by atoms with Crippen molar-refractivity contribution in [3.63, 3.8) is 0 Å². The summed E-state index contributed by atoms with van der Waals surface area (Å²) in [5.41, 5.74) is 0.119. The number of carbonyl (C=O) groups is 2. The minimum Gasteiger partial charge on any atom is -0.331 e. The fourth-order valence-electron chi connectivity index (χ4n) is 3.79. The van der Waals surface area contributed by atoms with Gasteiger partial charge in [-0.05, 0) is 17.5 Å². The van der Waals surface area contributed by atoms with Crippen molar-refractivity contribution in [2.24, 2.45) is 5.41 Å². The fraction of sp³-hybridized carbons (Fsp3) is 0.579. The fourth-order valence-corrected chi connectivity index (χ4v) is 5.24. The normalized spacial score (nSPS) is 23.6. The molecule has 0 spiro atoms. The maximum atomic E-state index is 13.3. The van der Waals surface area contributed by atoms with Crippen LogP contribution in [0.5, 0.6) is 0 Å². The average molecular weight is 409 g/mol. The molecule has 1 saturated heterocycles. The van der Waals surface area contributed by atoms with Crippen LogP contribution >= 0.6 is 0 Å². The first kappa shape index (κ1) is 20.6. The van der Waals surface area contributed by atoms with E-state index >= 15 is 0 Å². The van der Waals surface area contributed by atoms with Gasteiger partial charge in [0.2, 0.25) is 15.9 Å². The SMILES string of the molecule is CN(C)C(=O)N1CC2NS(=O)(=O)c3ccccc3N(C(=O)CC(C)(C)C)C2C1. The van der Waals surface area contributed by atoms with Crippen molar-refractivity contribution in [3.8, 4) is 0 Å². The maximum absolute atomic E-state index is 13.3. The predicted molar refractivity (Wildman–Crippen MR) is 107 cm³/mol. The molecule has 1 N–H and O–H groups in total. The Labute approximate surface area is 166 Å². The molecule has 1 aromatic rings. The van der Waals surface area contributed by atoms with Gasteiger partial charge in [-0.2, -0.15) is 0 Å². The van der Waals surface area contributed by atoms with Crippen LogP contribution in [0.2, 0.25) is 0 Å². The second-order valence-corrected chi connectivity index (χ2v) is 10.5. The van der Waals surface area contributed by atoms with Gasteiger partial charge in [-0.25, -0.2) is 17.9 Å². The number of para-hydroxylation sites is 1. The van der Waals surface area contributed by atoms with Gasteiger partial charge in [-0.15, -0.1) is 0 Å². The minimum absolute atomic E-state index is 0.0946. The van der Waals surface area contributed by atoms with Crippen LogP contribution in [-0.2, 0) is 14.8 Å². The summed E-state index contributed by atoms with van der Waals surface area (Å²) in [6, 6.07) is 5.32. The monoisotopic (exact) mass is 408 g/mol. The number of anilines is 1. The molecule has 3 amide bonds. The first-order chi connectivity index (χ1) is 12.9. The third-order valence-corrected chi connectivity index (χ3v) is 6.48. The molecular formula is C19H28N4O4S. The first-order valence-corrected chi connectivity index (χ1v) is 10.8. The standard InChI is InChI=1S/C19H28N4O4S/c1-19(2,3)10-17(24)23-14-8-6-7-9-16(14)28(26,27)20-13-11-22(12-15(13)23)18(25)21(4)5/h6-9,13,15,20H,10-12H2,1-5H3. The molecule has 2 heterocycles. The van der Waals surface area contributed by atoms with Crippen LogP contribution in [0.25, 0.3) is 0 Å². The number of amides is 3. The highest BCUT2D eigenvalue weighted by Gasteiger charge is 2.47. The van der Waals surface area contributed by atoms with E-state index in [0.717, 1.165) is 0 Å². The maximum Gasteiger partial charge on any atom is 0.319 e. The number of carbonyl (C=O) groups excluding carboxylic acids is 2. The smallest absolute Gasteiger partial charge is 0.319 e. The highest BCUT2D eigenvalue weighted by molar-refractivity contribution is 7.89. The van der Waals surface area contributed by atoms with Crippen molar-refractivity contribution in [2.45, 2.75) is 44.2 Å². The molecule has 1 aromatic carbocycles. The molecule has 0 bridgehead atoms. The summed E-state index contributed by atoms with van der Waals surface area (Å²) < 4.78 is 28.6. The second kappa shape index (κ2) is 7.04. The van der Waals surface area contributed by atoms with E-state index in [4.69, 9.17) is 0 Å². The third-order valence-electron chi connectivity index (χ3n) is 4.94. The summed E-state index contributed by atoms with van der Waals surface area (Å²) in [7, 11) is -0.505. The van der Waals surface area contributed by atoms with Crippen molar-refractivity contribution < 1.29 is 18.0 Å². The highest BCUT2D eigenvalue weighted by atomic mass is 32.2. The number of likely N-dealkylation sites (tertiary alicyclic amines) is 1. The van der Waals surface area contributed by atoms with Gasteiger partial charge in [0.05, 0.1) is 17.8 Å². The van der Waals surface area contributed by atoms with E-state index in [1.807, 2.05) is 20.8 Å². The number of benzene rings is 1. The minimum atomic E-state index is -3.81. The van der Waals surface area contributed by atoms with Crippen molar-refractivity contribution in [1.82, 2.24) is 14.5 Å². The summed E-state index contributed by atoms with van der Waals surface area (Å²) in [5.74, 6) is -0.145. The quantitative estimate of drug-likeness (QED) is 0.762. The number of hydrogen-bond donors (Lipinski definition) is 1. The lowest BCUT2D eigenvalue weighted by molar-refractivity contribution is -0.120. The van der Waals surface area contributed by atoms with Crippen LogP contribution in [-0.4, -0.2) is 69.4 Å². The van der Waals surface area contributed by atoms with Gasteiger partial charge in [0.1, 0.15) is 4.90 Å². The van der Waals surface area contributed by atoms with Crippen molar-refractivity contribution in [2.75, 3.05) is 32.1 Å². The zero-order chi connectivity index (χ0) is 20.9. The van der Waals surface area contributed by atoms with Crippen LogP contribution in [0.3, 0.4) is 0 Å². The topological polar surface area (TPSA) is 90.0 Å². The lowest BCUT2D eigenvalue weighted by Gasteiger charge is -2.32. The van der Waals surface area contributed by atoms with Crippen molar-refractivity contribution in [1.29, 1.82) is 0 Å². The summed E-state index contributed by atoms with van der Waals surface area (Å²) in [5, 5.41) is 0. The van der Waals surface area contributed by atoms with Gasteiger partial charge < -0.3 is 14.7 Å². The van der Waals surface area contributed by atoms with E-state index in [-0.39, 0.29) is 41.8 Å². The van der Waals surface area contributed by atoms with Crippen LogP contribution in [0.1, 0.15) is 27.2 Å². The number of urea groups is 1. The number of sulfonamides is 1. The zero-order valence-corrected chi connectivity index (χ0v) is 17.8. The summed E-state index contributed by atoms with van der Waals surface area (Å²) in [6.07, 6.45) is 0.270. The summed E-state index contributed by atoms with van der Waals surface area (Å²) in [6.45, 7) is 6.40. The van der Waals surface area contributed by atoms with Crippen LogP contribution < -0.4 is 9.62 Å². The van der Waals surface area contributed by atoms with E-state index in [1.165, 1.54) is 11.0 Å². The number of nitrogens with one attached hydrogen (secondary N) is 1. The molecule has 0 radical (unpaired) electrons. The number of rotatable bonds is 1. The molecule has 154 valence electrons. The van der Waals surface area contributed by atoms with E-state index in [0.29, 0.717) is 5.69 Å². The molecule has 28 heavy (non-hydrogen) atoms. The molecule has 1 fully saturated rings. The van der Waals surface area contributed by atoms with E-state index < -0.39 is 22.1 Å². The van der Waals surface area contributed by atoms with Crippen LogP contribution in [0, 0.1) is 5.41 Å². The van der Waals surface area contributed by atoms with Gasteiger partial charge in [-0.1, -0.05) is 32.9 Å². The van der Waals surface area contributed by atoms with Crippen molar-refractivity contribution >= 4 is 27.6 Å². The van der Waals surface area contributed by atoms with Gasteiger partial charge in [0.25, 0.3) is 0 Å². The number of fused-ring (bicyclic) bond motifs is 2. The molecule has 2 aliphatic heterocycles. The molecular weight excluding hydrogens is 380 g/mol. The Morgan fingerprint density at radius 3 is 2.43 bits per heavy atom. The lowest BCUT2D eigenvalue weighted by Crippen LogP contribution is -2.51. The van der Waals surface area contributed by atoms with Gasteiger partial charge >= 0.3 is 6.03 Å². The Morgan fingerprint density at radius 2 is 1.82 bits per heavy atom. The molecule has 9 heteroatoms. The number of hydrogen-bond acceptors (Lipinski definition) is 4. The Bertz CT molecular complexity index is 891. The summed E-state index contributed by atoms with van der Waals surface area (Å²) in [4.78, 5) is 30.5. The van der Waals surface area contributed by atoms with Gasteiger partial charge in [0.15, 0.2) is 0 Å². The van der Waals surface area contributed by atoms with Gasteiger partial charge in [0, 0.05) is 33.6 Å². The van der Waals surface area contributed by atoms with E-state index in [9.17, 15) is 18.0 Å². The molecule has 2 unspecified atom stereocenters. The predicted octanol–water partition coefficient (Wildman–Crippen LogP) is 1.48. The second-order valence-electron chi connectivity index (χ2n) is 8.85. The molecule has 0 aliphatic carbocycles. The largest absolute Gasteiger partial charge is 0.331 e. The molecule has 0 aromatic heterocycles. The molecule has 2 atom stereocenters. The van der Waals surface area contributed by atoms with E-state index in [1.54, 1.807) is 42.1 Å². The Kier molecular flexibility index (Phi) is 5.18. The lowest BCUT2D eigenvalue weighted by atomic mass is 9.91. The third kappa shape index (κ3) is 3.86. The Hall–Kier alpha value is -2.13. The average Bonchev–Trinajstić information content (AvgIpc) is 2.92. The van der Waals surface area contributed by atoms with E-state index in [2.05, 4.69) is 4.72 Å². The molecule has 2 aliphatic rings. The number of nitrogens with zero attached hydrogens (tertiary/aromatic N) is 3. The van der Waals surface area contributed by atoms with Crippen LogP contribution in [0.4, 0.5) is 10.5 Å². The first-order valence-electron chi connectivity index (χ1n) is 9.30. The molecule has 0 saturated carbocycles. The summed E-state index contributed by atoms with van der Waals surface area (Å²) >= 11 is 0. The van der Waals surface area contributed by atoms with Crippen LogP contribution in [0.15, 0.2) is 29.2 Å². The Morgan fingerprint density at radius 1 is 1.18 bits per heavy atom. The van der Waals surface area contributed by atoms with Gasteiger partial charge in [-0.3, -0.25) is 4.79 Å². The molecule has 3 rings (SSSR count).